The highest BCUT2D eigenvalue weighted by atomic mass is 16.5. The molecule has 0 amide bonds. The van der Waals surface area contributed by atoms with Gasteiger partial charge in [-0.1, -0.05) is 12.1 Å². The summed E-state index contributed by atoms with van der Waals surface area (Å²) in [7, 11) is 0. The molecule has 1 aromatic rings. The molecule has 0 aliphatic carbocycles. The Labute approximate surface area is 127 Å². The third-order valence-electron chi connectivity index (χ3n) is 5.19. The summed E-state index contributed by atoms with van der Waals surface area (Å²) in [6.45, 7) is 6.43. The van der Waals surface area contributed by atoms with Crippen molar-refractivity contribution >= 4 is 11.4 Å². The monoisotopic (exact) mass is 287 g/mol. The first-order valence-corrected chi connectivity index (χ1v) is 8.34. The van der Waals surface area contributed by atoms with E-state index in [0.717, 1.165) is 39.4 Å². The Morgan fingerprint density at radius 3 is 2.19 bits per heavy atom. The van der Waals surface area contributed by atoms with Crippen LogP contribution in [0.5, 0.6) is 0 Å². The average molecular weight is 287 g/mol. The summed E-state index contributed by atoms with van der Waals surface area (Å²) in [4.78, 5) is 5.27. The molecule has 1 aromatic carbocycles. The molecule has 3 heterocycles. The van der Waals surface area contributed by atoms with E-state index < -0.39 is 0 Å². The van der Waals surface area contributed by atoms with Crippen molar-refractivity contribution in [2.45, 2.75) is 31.3 Å². The Morgan fingerprint density at radius 2 is 1.57 bits per heavy atom. The summed E-state index contributed by atoms with van der Waals surface area (Å²) in [5.41, 5.74) is 2.87. The van der Waals surface area contributed by atoms with Crippen molar-refractivity contribution < 1.29 is 4.74 Å². The van der Waals surface area contributed by atoms with Gasteiger partial charge in [-0.15, -0.1) is 0 Å². The molecule has 4 heteroatoms. The predicted octanol–water partition coefficient (Wildman–Crippen LogP) is 1.85. The van der Waals surface area contributed by atoms with E-state index in [-0.39, 0.29) is 0 Å². The van der Waals surface area contributed by atoms with Crippen molar-refractivity contribution in [2.24, 2.45) is 0 Å². The van der Waals surface area contributed by atoms with Gasteiger partial charge in [0.1, 0.15) is 0 Å². The Kier molecular flexibility index (Phi) is 3.74. The number of para-hydroxylation sites is 2. The molecule has 0 unspecified atom stereocenters. The van der Waals surface area contributed by atoms with Gasteiger partial charge in [-0.2, -0.15) is 0 Å². The van der Waals surface area contributed by atoms with Crippen LogP contribution < -0.4 is 15.1 Å². The topological polar surface area (TPSA) is 27.7 Å². The first kappa shape index (κ1) is 13.4. The van der Waals surface area contributed by atoms with Crippen LogP contribution in [0.15, 0.2) is 24.3 Å². The highest BCUT2D eigenvalue weighted by Crippen LogP contribution is 2.37. The van der Waals surface area contributed by atoms with Crippen LogP contribution in [0.4, 0.5) is 11.4 Å². The smallest absolute Gasteiger partial charge is 0.0607 e. The molecule has 114 valence electrons. The standard InChI is InChI=1S/C17H25N3O/c1-2-4-17-16(3-1)19(14-6-11-21-12-7-14)9-10-20(17)15-5-8-18-13-15/h1-4,14-15,18H,5-13H2/t15-/m1/s1. The zero-order valence-electron chi connectivity index (χ0n) is 12.6. The summed E-state index contributed by atoms with van der Waals surface area (Å²) >= 11 is 0. The fourth-order valence-electron chi connectivity index (χ4n) is 4.07. The second kappa shape index (κ2) is 5.85. The van der Waals surface area contributed by atoms with E-state index in [2.05, 4.69) is 39.4 Å². The molecule has 0 bridgehead atoms. The van der Waals surface area contributed by atoms with E-state index >= 15 is 0 Å². The Bertz CT molecular complexity index is 481. The molecule has 1 N–H and O–H groups in total. The Morgan fingerprint density at radius 1 is 0.905 bits per heavy atom. The van der Waals surface area contributed by atoms with Gasteiger partial charge in [0.25, 0.3) is 0 Å². The number of anilines is 2. The van der Waals surface area contributed by atoms with Gasteiger partial charge in [-0.3, -0.25) is 0 Å². The van der Waals surface area contributed by atoms with Gasteiger partial charge in [0, 0.05) is 44.9 Å². The average Bonchev–Trinajstić information content (AvgIpc) is 3.09. The maximum absolute atomic E-state index is 5.54. The number of benzene rings is 1. The molecule has 2 saturated heterocycles. The van der Waals surface area contributed by atoms with Gasteiger partial charge in [0.2, 0.25) is 0 Å². The van der Waals surface area contributed by atoms with Crippen molar-refractivity contribution in [3.8, 4) is 0 Å². The van der Waals surface area contributed by atoms with Gasteiger partial charge in [-0.25, -0.2) is 0 Å². The second-order valence-corrected chi connectivity index (χ2v) is 6.37. The highest BCUT2D eigenvalue weighted by Gasteiger charge is 2.32. The molecule has 3 aliphatic heterocycles. The number of hydrogen-bond donors (Lipinski definition) is 1. The molecule has 0 radical (unpaired) electrons. The maximum Gasteiger partial charge on any atom is 0.0607 e. The SMILES string of the molecule is c1ccc2c(c1)N(C1CCOCC1)CCN2[C@@H]1CCNC1. The minimum Gasteiger partial charge on any atom is -0.381 e. The van der Waals surface area contributed by atoms with E-state index in [1.54, 1.807) is 0 Å². The van der Waals surface area contributed by atoms with Crippen molar-refractivity contribution in [3.63, 3.8) is 0 Å². The van der Waals surface area contributed by atoms with Gasteiger partial charge < -0.3 is 19.9 Å². The summed E-state index contributed by atoms with van der Waals surface area (Å²) in [6.07, 6.45) is 3.60. The van der Waals surface area contributed by atoms with E-state index in [1.165, 1.54) is 30.6 Å². The largest absolute Gasteiger partial charge is 0.381 e. The number of ether oxygens (including phenoxy) is 1. The molecule has 2 fully saturated rings. The molecular formula is C17H25N3O. The zero-order valence-corrected chi connectivity index (χ0v) is 12.6. The Balaban J connectivity index is 1.62. The molecule has 0 spiro atoms. The molecule has 21 heavy (non-hydrogen) atoms. The van der Waals surface area contributed by atoms with Crippen LogP contribution in [-0.4, -0.2) is 51.5 Å². The van der Waals surface area contributed by atoms with Gasteiger partial charge in [0.05, 0.1) is 11.4 Å². The van der Waals surface area contributed by atoms with E-state index in [4.69, 9.17) is 4.74 Å². The number of nitrogens with one attached hydrogen (secondary N) is 1. The van der Waals surface area contributed by atoms with Crippen LogP contribution in [0.25, 0.3) is 0 Å². The number of nitrogens with zero attached hydrogens (tertiary/aromatic N) is 2. The molecule has 1 atom stereocenters. The van der Waals surface area contributed by atoms with Crippen molar-refractivity contribution in [3.05, 3.63) is 24.3 Å². The van der Waals surface area contributed by atoms with Crippen molar-refractivity contribution in [1.29, 1.82) is 0 Å². The first-order valence-electron chi connectivity index (χ1n) is 8.34. The number of rotatable bonds is 2. The van der Waals surface area contributed by atoms with Gasteiger partial charge in [-0.05, 0) is 37.9 Å². The molecular weight excluding hydrogens is 262 g/mol. The lowest BCUT2D eigenvalue weighted by Gasteiger charge is -2.45. The number of hydrogen-bond acceptors (Lipinski definition) is 4. The first-order chi connectivity index (χ1) is 10.4. The third kappa shape index (κ3) is 2.51. The van der Waals surface area contributed by atoms with Gasteiger partial charge in [0.15, 0.2) is 0 Å². The van der Waals surface area contributed by atoms with Crippen LogP contribution in [0.1, 0.15) is 19.3 Å². The van der Waals surface area contributed by atoms with E-state index in [0.29, 0.717) is 12.1 Å². The fourth-order valence-corrected chi connectivity index (χ4v) is 4.07. The lowest BCUT2D eigenvalue weighted by Crippen LogP contribution is -2.51. The van der Waals surface area contributed by atoms with Crippen LogP contribution in [-0.2, 0) is 4.74 Å². The van der Waals surface area contributed by atoms with E-state index in [1.807, 2.05) is 0 Å². The summed E-state index contributed by atoms with van der Waals surface area (Å²) in [5.74, 6) is 0. The summed E-state index contributed by atoms with van der Waals surface area (Å²) in [6, 6.07) is 10.3. The minimum absolute atomic E-state index is 0.656. The summed E-state index contributed by atoms with van der Waals surface area (Å²) < 4.78 is 5.54. The summed E-state index contributed by atoms with van der Waals surface area (Å²) in [5, 5.41) is 3.50. The fraction of sp³-hybridized carbons (Fsp3) is 0.647. The van der Waals surface area contributed by atoms with Crippen LogP contribution in [0.3, 0.4) is 0 Å². The van der Waals surface area contributed by atoms with Gasteiger partial charge >= 0.3 is 0 Å². The minimum atomic E-state index is 0.656. The predicted molar refractivity (Wildman–Crippen MR) is 86.2 cm³/mol. The van der Waals surface area contributed by atoms with Crippen LogP contribution >= 0.6 is 0 Å². The quantitative estimate of drug-likeness (QED) is 0.898. The maximum atomic E-state index is 5.54. The van der Waals surface area contributed by atoms with E-state index in [9.17, 15) is 0 Å². The molecule has 4 nitrogen and oxygen atoms in total. The van der Waals surface area contributed by atoms with Crippen molar-refractivity contribution in [2.75, 3.05) is 49.2 Å². The normalized spacial score (nSPS) is 27.0. The van der Waals surface area contributed by atoms with Crippen LogP contribution in [0, 0.1) is 0 Å². The lowest BCUT2D eigenvalue weighted by atomic mass is 10.0. The Hall–Kier alpha value is -1.26. The lowest BCUT2D eigenvalue weighted by molar-refractivity contribution is 0.0843. The molecule has 4 rings (SSSR count). The molecule has 0 saturated carbocycles. The zero-order chi connectivity index (χ0) is 14.1. The molecule has 0 aromatic heterocycles. The second-order valence-electron chi connectivity index (χ2n) is 6.37. The third-order valence-corrected chi connectivity index (χ3v) is 5.19. The molecule has 3 aliphatic rings. The van der Waals surface area contributed by atoms with Crippen molar-refractivity contribution in [1.82, 2.24) is 5.32 Å². The van der Waals surface area contributed by atoms with Crippen LogP contribution in [0.2, 0.25) is 0 Å². The highest BCUT2D eigenvalue weighted by molar-refractivity contribution is 5.74. The number of fused-ring (bicyclic) bond motifs is 1.